The van der Waals surface area contributed by atoms with Gasteiger partial charge in [0.05, 0.1) is 16.5 Å². The van der Waals surface area contributed by atoms with Gasteiger partial charge in [0.25, 0.3) is 0 Å². The van der Waals surface area contributed by atoms with Gasteiger partial charge in [0.15, 0.2) is 0 Å². The van der Waals surface area contributed by atoms with Crippen LogP contribution in [0.2, 0.25) is 0 Å². The Balaban J connectivity index is 1.93. The number of hydrogen-bond donors (Lipinski definition) is 0. The summed E-state index contributed by atoms with van der Waals surface area (Å²) in [7, 11) is -1.86. The van der Waals surface area contributed by atoms with E-state index >= 15 is 0 Å². The highest BCUT2D eigenvalue weighted by Crippen LogP contribution is 2.33. The molecule has 6 heteroatoms. The molecule has 0 atom stereocenters. The van der Waals surface area contributed by atoms with Crippen LogP contribution in [-0.2, 0) is 23.0 Å². The summed E-state index contributed by atoms with van der Waals surface area (Å²) in [6.45, 7) is 2.80. The summed E-state index contributed by atoms with van der Waals surface area (Å²) in [6, 6.07) is 10.9. The third kappa shape index (κ3) is 3.16. The zero-order valence-corrected chi connectivity index (χ0v) is 15.4. The minimum atomic E-state index is -3.47. The summed E-state index contributed by atoms with van der Waals surface area (Å²) in [5.41, 5.74) is 3.20. The van der Waals surface area contributed by atoms with Crippen LogP contribution in [0, 0.1) is 6.92 Å². The van der Waals surface area contributed by atoms with Crippen LogP contribution >= 0.6 is 15.9 Å². The summed E-state index contributed by atoms with van der Waals surface area (Å²) < 4.78 is 33.4. The molecule has 0 radical (unpaired) electrons. The van der Waals surface area contributed by atoms with Gasteiger partial charge in [0.2, 0.25) is 10.0 Å². The Hall–Kier alpha value is -1.37. The van der Waals surface area contributed by atoms with Crippen molar-refractivity contribution in [3.05, 3.63) is 57.6 Å². The first-order valence-electron chi connectivity index (χ1n) is 7.34. The highest BCUT2D eigenvalue weighted by molar-refractivity contribution is 9.10. The Morgan fingerprint density at radius 1 is 1.13 bits per heavy atom. The van der Waals surface area contributed by atoms with Gasteiger partial charge < -0.3 is 4.74 Å². The fourth-order valence-electron chi connectivity index (χ4n) is 2.75. The first-order chi connectivity index (χ1) is 10.9. The van der Waals surface area contributed by atoms with Crippen LogP contribution in [0.1, 0.15) is 16.7 Å². The minimum Gasteiger partial charge on any atom is -0.496 e. The predicted octanol–water partition coefficient (Wildman–Crippen LogP) is 3.51. The van der Waals surface area contributed by atoms with E-state index in [0.717, 1.165) is 26.9 Å². The molecule has 0 N–H and O–H groups in total. The first-order valence-corrected chi connectivity index (χ1v) is 9.57. The van der Waals surface area contributed by atoms with Crippen LogP contribution in [0.4, 0.5) is 0 Å². The second-order valence-corrected chi connectivity index (χ2v) is 8.45. The molecule has 0 aromatic heterocycles. The molecule has 2 aromatic carbocycles. The molecule has 0 aliphatic carbocycles. The molecule has 2 aromatic rings. The van der Waals surface area contributed by atoms with Crippen molar-refractivity contribution >= 4 is 26.0 Å². The van der Waals surface area contributed by atoms with Crippen molar-refractivity contribution < 1.29 is 13.2 Å². The lowest BCUT2D eigenvalue weighted by Crippen LogP contribution is -2.36. The smallest absolute Gasteiger partial charge is 0.243 e. The van der Waals surface area contributed by atoms with Crippen molar-refractivity contribution in [1.29, 1.82) is 0 Å². The summed E-state index contributed by atoms with van der Waals surface area (Å²) in [6.07, 6.45) is 0.697. The monoisotopic (exact) mass is 395 g/mol. The minimum absolute atomic E-state index is 0.343. The lowest BCUT2D eigenvalue weighted by atomic mass is 10.0. The number of ether oxygens (including phenoxy) is 1. The van der Waals surface area contributed by atoms with E-state index in [4.69, 9.17) is 4.74 Å². The normalized spacial score (nSPS) is 15.3. The van der Waals surface area contributed by atoms with Gasteiger partial charge >= 0.3 is 0 Å². The van der Waals surface area contributed by atoms with Crippen molar-refractivity contribution in [2.45, 2.75) is 24.8 Å². The van der Waals surface area contributed by atoms with Crippen LogP contribution in [0.3, 0.4) is 0 Å². The van der Waals surface area contributed by atoms with Gasteiger partial charge in [-0.25, -0.2) is 8.42 Å². The lowest BCUT2D eigenvalue weighted by molar-refractivity contribution is 0.384. The van der Waals surface area contributed by atoms with Gasteiger partial charge in [-0.1, -0.05) is 17.7 Å². The van der Waals surface area contributed by atoms with E-state index in [1.165, 1.54) is 4.31 Å². The van der Waals surface area contributed by atoms with Gasteiger partial charge in [-0.15, -0.1) is 0 Å². The van der Waals surface area contributed by atoms with Gasteiger partial charge in [0, 0.05) is 13.1 Å². The molecule has 0 spiro atoms. The molecular weight excluding hydrogens is 378 g/mol. The van der Waals surface area contributed by atoms with E-state index in [2.05, 4.69) is 15.9 Å². The maximum absolute atomic E-state index is 12.8. The second-order valence-electron chi connectivity index (χ2n) is 5.66. The van der Waals surface area contributed by atoms with Crippen LogP contribution in [0.5, 0.6) is 5.75 Å². The Kier molecular flexibility index (Phi) is 4.49. The molecule has 122 valence electrons. The fourth-order valence-corrected chi connectivity index (χ4v) is 4.72. The molecule has 0 bridgehead atoms. The average molecular weight is 396 g/mol. The summed E-state index contributed by atoms with van der Waals surface area (Å²) >= 11 is 3.48. The molecule has 1 heterocycles. The Labute approximate surface area is 145 Å². The van der Waals surface area contributed by atoms with Crippen molar-refractivity contribution in [1.82, 2.24) is 4.31 Å². The van der Waals surface area contributed by atoms with E-state index in [1.54, 1.807) is 19.2 Å². The third-order valence-electron chi connectivity index (χ3n) is 4.11. The van der Waals surface area contributed by atoms with E-state index in [9.17, 15) is 8.42 Å². The summed E-state index contributed by atoms with van der Waals surface area (Å²) in [4.78, 5) is 0.343. The highest BCUT2D eigenvalue weighted by atomic mass is 79.9. The fraction of sp³-hybridized carbons (Fsp3) is 0.294. The second kappa shape index (κ2) is 6.26. The van der Waals surface area contributed by atoms with Gasteiger partial charge in [-0.05, 0) is 64.7 Å². The number of halogens is 1. The molecule has 1 aliphatic heterocycles. The molecule has 3 rings (SSSR count). The largest absolute Gasteiger partial charge is 0.496 e. The maximum atomic E-state index is 12.8. The van der Waals surface area contributed by atoms with Crippen molar-refractivity contribution in [3.8, 4) is 5.75 Å². The summed E-state index contributed by atoms with van der Waals surface area (Å²) in [5.74, 6) is 0.721. The first kappa shape index (κ1) is 16.5. The lowest BCUT2D eigenvalue weighted by Gasteiger charge is -2.28. The van der Waals surface area contributed by atoms with Crippen molar-refractivity contribution in [3.63, 3.8) is 0 Å². The van der Waals surface area contributed by atoms with Gasteiger partial charge in [-0.3, -0.25) is 0 Å². The quantitative estimate of drug-likeness (QED) is 0.798. The topological polar surface area (TPSA) is 46.6 Å². The predicted molar refractivity (Wildman–Crippen MR) is 93.2 cm³/mol. The number of aryl methyl sites for hydroxylation is 1. The van der Waals surface area contributed by atoms with E-state index in [-0.39, 0.29) is 0 Å². The van der Waals surface area contributed by atoms with E-state index in [1.807, 2.05) is 31.2 Å². The number of sulfonamides is 1. The molecule has 4 nitrogen and oxygen atoms in total. The molecule has 0 saturated carbocycles. The molecule has 0 saturated heterocycles. The molecule has 0 unspecified atom stereocenters. The molecule has 0 amide bonds. The summed E-state index contributed by atoms with van der Waals surface area (Å²) in [5, 5.41) is 0. The number of rotatable bonds is 3. The standard InChI is InChI=1S/C17H18BrNO3S/c1-12-3-5-15(6-4-12)23(20,21)19-8-7-13-9-16(18)17(22-2)10-14(13)11-19/h3-6,9-10H,7-8,11H2,1-2H3. The molecule has 0 fully saturated rings. The number of methoxy groups -OCH3 is 1. The Morgan fingerprint density at radius 2 is 1.83 bits per heavy atom. The van der Waals surface area contributed by atoms with Gasteiger partial charge in [-0.2, -0.15) is 4.31 Å². The van der Waals surface area contributed by atoms with Crippen molar-refractivity contribution in [2.24, 2.45) is 0 Å². The van der Waals surface area contributed by atoms with Crippen LogP contribution < -0.4 is 4.74 Å². The van der Waals surface area contributed by atoms with E-state index in [0.29, 0.717) is 24.4 Å². The number of benzene rings is 2. The van der Waals surface area contributed by atoms with Gasteiger partial charge in [0.1, 0.15) is 5.75 Å². The number of fused-ring (bicyclic) bond motifs is 1. The Bertz CT molecular complexity index is 832. The number of nitrogens with zero attached hydrogens (tertiary/aromatic N) is 1. The molecule has 1 aliphatic rings. The molecule has 23 heavy (non-hydrogen) atoms. The van der Waals surface area contributed by atoms with Crippen LogP contribution in [0.15, 0.2) is 45.8 Å². The molecular formula is C17H18BrNO3S. The van der Waals surface area contributed by atoms with Crippen molar-refractivity contribution in [2.75, 3.05) is 13.7 Å². The van der Waals surface area contributed by atoms with Crippen LogP contribution in [-0.4, -0.2) is 26.4 Å². The average Bonchev–Trinajstić information content (AvgIpc) is 2.54. The SMILES string of the molecule is COc1cc2c(cc1Br)CCN(S(=O)(=O)c1ccc(C)cc1)C2. The maximum Gasteiger partial charge on any atom is 0.243 e. The van der Waals surface area contributed by atoms with E-state index < -0.39 is 10.0 Å². The zero-order valence-electron chi connectivity index (χ0n) is 13.0. The third-order valence-corrected chi connectivity index (χ3v) is 6.59. The Morgan fingerprint density at radius 3 is 2.48 bits per heavy atom. The zero-order chi connectivity index (χ0) is 16.6. The number of hydrogen-bond acceptors (Lipinski definition) is 3. The highest BCUT2D eigenvalue weighted by Gasteiger charge is 2.28. The van der Waals surface area contributed by atoms with Crippen LogP contribution in [0.25, 0.3) is 0 Å².